The van der Waals surface area contributed by atoms with Gasteiger partial charge in [-0.1, -0.05) is 32.9 Å². The van der Waals surface area contributed by atoms with Gasteiger partial charge in [0, 0.05) is 12.5 Å². The lowest BCUT2D eigenvalue weighted by Gasteiger charge is -2.26. The number of benzene rings is 1. The van der Waals surface area contributed by atoms with Crippen LogP contribution in [0.4, 0.5) is 0 Å². The highest BCUT2D eigenvalue weighted by atomic mass is 16.5. The zero-order valence-electron chi connectivity index (χ0n) is 11.7. The number of aliphatic hydroxyl groups excluding tert-OH is 1. The van der Waals surface area contributed by atoms with E-state index in [9.17, 15) is 5.11 Å². The fourth-order valence-corrected chi connectivity index (χ4v) is 2.03. The second-order valence-corrected chi connectivity index (χ2v) is 5.03. The molecule has 0 spiro atoms. The summed E-state index contributed by atoms with van der Waals surface area (Å²) in [5.74, 6) is 1.40. The summed E-state index contributed by atoms with van der Waals surface area (Å²) >= 11 is 0. The summed E-state index contributed by atoms with van der Waals surface area (Å²) in [5.41, 5.74) is 1.12. The molecule has 0 aromatic heterocycles. The minimum atomic E-state index is 0.0806. The third-order valence-corrected chi connectivity index (χ3v) is 3.11. The molecule has 102 valence electrons. The lowest BCUT2D eigenvalue weighted by molar-refractivity contribution is -0.0372. The van der Waals surface area contributed by atoms with Crippen LogP contribution >= 0.6 is 0 Å². The molecule has 0 aliphatic heterocycles. The Bertz CT molecular complexity index is 332. The number of methoxy groups -OCH3 is 1. The van der Waals surface area contributed by atoms with Gasteiger partial charge in [0.25, 0.3) is 0 Å². The van der Waals surface area contributed by atoms with E-state index in [1.54, 1.807) is 7.11 Å². The molecule has 0 amide bonds. The molecule has 1 rings (SSSR count). The van der Waals surface area contributed by atoms with Crippen LogP contribution in [0.15, 0.2) is 24.3 Å². The van der Waals surface area contributed by atoms with E-state index < -0.39 is 0 Å². The van der Waals surface area contributed by atoms with Gasteiger partial charge in [0.15, 0.2) is 0 Å². The van der Waals surface area contributed by atoms with Crippen molar-refractivity contribution in [2.24, 2.45) is 11.8 Å². The Kier molecular flexibility index (Phi) is 6.16. The molecule has 0 fully saturated rings. The van der Waals surface area contributed by atoms with E-state index in [1.807, 2.05) is 31.2 Å². The number of rotatable bonds is 7. The van der Waals surface area contributed by atoms with Crippen molar-refractivity contribution in [1.29, 1.82) is 0 Å². The second kappa shape index (κ2) is 7.39. The molecule has 0 heterocycles. The Hall–Kier alpha value is -1.06. The van der Waals surface area contributed by atoms with Crippen molar-refractivity contribution >= 4 is 0 Å². The first-order chi connectivity index (χ1) is 8.58. The zero-order chi connectivity index (χ0) is 13.5. The van der Waals surface area contributed by atoms with E-state index in [0.29, 0.717) is 12.5 Å². The summed E-state index contributed by atoms with van der Waals surface area (Å²) in [4.78, 5) is 0. The van der Waals surface area contributed by atoms with E-state index >= 15 is 0 Å². The van der Waals surface area contributed by atoms with Crippen molar-refractivity contribution in [1.82, 2.24) is 0 Å². The van der Waals surface area contributed by atoms with Crippen LogP contribution in [0.5, 0.6) is 5.75 Å². The Morgan fingerprint density at radius 2 is 1.72 bits per heavy atom. The second-order valence-electron chi connectivity index (χ2n) is 5.03. The van der Waals surface area contributed by atoms with Crippen molar-refractivity contribution < 1.29 is 14.6 Å². The lowest BCUT2D eigenvalue weighted by atomic mass is 9.95. The van der Waals surface area contributed by atoms with Gasteiger partial charge in [-0.05, 0) is 23.6 Å². The van der Waals surface area contributed by atoms with Crippen LogP contribution in [0.3, 0.4) is 0 Å². The van der Waals surface area contributed by atoms with E-state index in [1.165, 1.54) is 0 Å². The van der Waals surface area contributed by atoms with Crippen LogP contribution in [-0.2, 0) is 11.3 Å². The highest BCUT2D eigenvalue weighted by molar-refractivity contribution is 5.26. The Morgan fingerprint density at radius 3 is 2.17 bits per heavy atom. The number of ether oxygens (including phenoxy) is 2. The number of aliphatic hydroxyl groups is 1. The van der Waals surface area contributed by atoms with Crippen LogP contribution in [0.25, 0.3) is 0 Å². The maximum Gasteiger partial charge on any atom is 0.118 e. The maximum atomic E-state index is 9.22. The van der Waals surface area contributed by atoms with Gasteiger partial charge in [-0.15, -0.1) is 0 Å². The molecule has 0 aliphatic rings. The molecule has 1 N–H and O–H groups in total. The van der Waals surface area contributed by atoms with Crippen molar-refractivity contribution in [3.63, 3.8) is 0 Å². The van der Waals surface area contributed by atoms with Gasteiger partial charge in [-0.25, -0.2) is 0 Å². The van der Waals surface area contributed by atoms with E-state index in [4.69, 9.17) is 9.47 Å². The molecule has 0 unspecified atom stereocenters. The molecule has 0 aliphatic carbocycles. The van der Waals surface area contributed by atoms with Crippen molar-refractivity contribution in [3.05, 3.63) is 29.8 Å². The van der Waals surface area contributed by atoms with Crippen molar-refractivity contribution in [2.75, 3.05) is 13.7 Å². The average molecular weight is 252 g/mol. The van der Waals surface area contributed by atoms with Gasteiger partial charge in [0.2, 0.25) is 0 Å². The summed E-state index contributed by atoms with van der Waals surface area (Å²) in [7, 11) is 1.66. The molecule has 1 aromatic rings. The summed E-state index contributed by atoms with van der Waals surface area (Å²) in [5, 5.41) is 9.22. The van der Waals surface area contributed by atoms with Crippen LogP contribution < -0.4 is 4.74 Å². The molecule has 2 atom stereocenters. The first-order valence-corrected chi connectivity index (χ1v) is 6.43. The standard InChI is InChI=1S/C15H24O3/c1-11(2)15(12(3)9-16)18-10-13-5-7-14(17-4)8-6-13/h5-8,11-12,15-16H,9-10H2,1-4H3/t12-,15-/m1/s1. The molecule has 0 saturated carbocycles. The van der Waals surface area contributed by atoms with Crippen molar-refractivity contribution in [2.45, 2.75) is 33.5 Å². The zero-order valence-corrected chi connectivity index (χ0v) is 11.7. The van der Waals surface area contributed by atoms with Crippen LogP contribution in [0.2, 0.25) is 0 Å². The maximum absolute atomic E-state index is 9.22. The Morgan fingerprint density at radius 1 is 1.11 bits per heavy atom. The highest BCUT2D eigenvalue weighted by Gasteiger charge is 2.20. The smallest absolute Gasteiger partial charge is 0.118 e. The molecule has 3 nitrogen and oxygen atoms in total. The van der Waals surface area contributed by atoms with Gasteiger partial charge in [-0.2, -0.15) is 0 Å². The van der Waals surface area contributed by atoms with Gasteiger partial charge >= 0.3 is 0 Å². The largest absolute Gasteiger partial charge is 0.497 e. The Balaban J connectivity index is 2.55. The first-order valence-electron chi connectivity index (χ1n) is 6.43. The summed E-state index contributed by atoms with van der Waals surface area (Å²) in [6.07, 6.45) is 0.0806. The molecule has 0 bridgehead atoms. The predicted molar refractivity (Wildman–Crippen MR) is 72.7 cm³/mol. The first kappa shape index (κ1) is 15.0. The number of hydrogen-bond acceptors (Lipinski definition) is 3. The van der Waals surface area contributed by atoms with Gasteiger partial charge in [0.1, 0.15) is 5.75 Å². The minimum absolute atomic E-state index is 0.0806. The molecule has 0 saturated heterocycles. The minimum Gasteiger partial charge on any atom is -0.497 e. The normalized spacial score (nSPS) is 14.6. The third kappa shape index (κ3) is 4.31. The van der Waals surface area contributed by atoms with E-state index in [0.717, 1.165) is 11.3 Å². The third-order valence-electron chi connectivity index (χ3n) is 3.11. The fraction of sp³-hybridized carbons (Fsp3) is 0.600. The predicted octanol–water partition coefficient (Wildman–Crippen LogP) is 2.86. The van der Waals surface area contributed by atoms with Gasteiger partial charge < -0.3 is 14.6 Å². The summed E-state index contributed by atoms with van der Waals surface area (Å²) in [6, 6.07) is 7.86. The Labute approximate surface area is 110 Å². The molecular formula is C15H24O3. The summed E-state index contributed by atoms with van der Waals surface area (Å²) in [6.45, 7) is 6.97. The van der Waals surface area contributed by atoms with Crippen LogP contribution in [0.1, 0.15) is 26.3 Å². The van der Waals surface area contributed by atoms with E-state index in [-0.39, 0.29) is 18.6 Å². The molecule has 1 aromatic carbocycles. The fourth-order valence-electron chi connectivity index (χ4n) is 2.03. The van der Waals surface area contributed by atoms with Crippen LogP contribution in [-0.4, -0.2) is 24.9 Å². The quantitative estimate of drug-likeness (QED) is 0.811. The SMILES string of the molecule is COc1ccc(CO[C@H](C(C)C)[C@H](C)CO)cc1. The monoisotopic (exact) mass is 252 g/mol. The highest BCUT2D eigenvalue weighted by Crippen LogP contribution is 2.19. The molecule has 18 heavy (non-hydrogen) atoms. The van der Waals surface area contributed by atoms with Gasteiger partial charge in [0.05, 0.1) is 19.8 Å². The van der Waals surface area contributed by atoms with Crippen molar-refractivity contribution in [3.8, 4) is 5.75 Å². The molecular weight excluding hydrogens is 228 g/mol. The van der Waals surface area contributed by atoms with E-state index in [2.05, 4.69) is 13.8 Å². The number of hydrogen-bond donors (Lipinski definition) is 1. The van der Waals surface area contributed by atoms with Crippen LogP contribution in [0, 0.1) is 11.8 Å². The summed E-state index contributed by atoms with van der Waals surface area (Å²) < 4.78 is 11.0. The molecule has 0 radical (unpaired) electrons. The lowest BCUT2D eigenvalue weighted by Crippen LogP contribution is -2.29. The molecule has 3 heteroatoms. The van der Waals surface area contributed by atoms with Gasteiger partial charge in [-0.3, -0.25) is 0 Å². The average Bonchev–Trinajstić information content (AvgIpc) is 2.39. The topological polar surface area (TPSA) is 38.7 Å².